The fourth-order valence-corrected chi connectivity index (χ4v) is 3.67. The Balaban J connectivity index is 1.19. The number of aromatic amines is 1. The molecule has 0 unspecified atom stereocenters. The third-order valence-electron chi connectivity index (χ3n) is 5.11. The van der Waals surface area contributed by atoms with E-state index in [0.29, 0.717) is 12.3 Å². The number of furan rings is 1. The summed E-state index contributed by atoms with van der Waals surface area (Å²) in [7, 11) is 0. The van der Waals surface area contributed by atoms with Crippen LogP contribution >= 0.6 is 0 Å². The minimum Gasteiger partial charge on any atom is -0.484 e. The van der Waals surface area contributed by atoms with Gasteiger partial charge in [-0.3, -0.25) is 4.79 Å². The molecule has 0 atom stereocenters. The number of hydrogen-bond acceptors (Lipinski definition) is 3. The van der Waals surface area contributed by atoms with E-state index in [2.05, 4.69) is 16.4 Å². The van der Waals surface area contributed by atoms with Gasteiger partial charge in [-0.25, -0.2) is 0 Å². The summed E-state index contributed by atoms with van der Waals surface area (Å²) in [6.07, 6.45) is 2.76. The molecule has 0 aliphatic carbocycles. The van der Waals surface area contributed by atoms with E-state index in [1.165, 1.54) is 10.9 Å². The van der Waals surface area contributed by atoms with Crippen LogP contribution in [0.2, 0.25) is 0 Å². The van der Waals surface area contributed by atoms with E-state index in [9.17, 15) is 4.79 Å². The molecule has 1 amide bonds. The summed E-state index contributed by atoms with van der Waals surface area (Å²) < 4.78 is 11.5. The summed E-state index contributed by atoms with van der Waals surface area (Å²) in [5, 5.41) is 6.14. The third-order valence-corrected chi connectivity index (χ3v) is 5.11. The maximum atomic E-state index is 12.2. The van der Waals surface area contributed by atoms with Gasteiger partial charge in [-0.05, 0) is 42.3 Å². The molecule has 29 heavy (non-hydrogen) atoms. The minimum absolute atomic E-state index is 0.0187. The maximum absolute atomic E-state index is 12.2. The van der Waals surface area contributed by atoms with Crippen LogP contribution in [0.3, 0.4) is 0 Å². The van der Waals surface area contributed by atoms with Crippen LogP contribution in [0.5, 0.6) is 5.75 Å². The van der Waals surface area contributed by atoms with Crippen LogP contribution in [0.1, 0.15) is 5.56 Å². The van der Waals surface area contributed by atoms with Crippen LogP contribution < -0.4 is 10.1 Å². The highest BCUT2D eigenvalue weighted by Gasteiger charge is 2.09. The number of carbonyl (C=O) groups is 1. The first-order valence-electron chi connectivity index (χ1n) is 9.64. The molecule has 0 fully saturated rings. The first-order chi connectivity index (χ1) is 14.3. The van der Waals surface area contributed by atoms with Gasteiger partial charge in [0.25, 0.3) is 5.91 Å². The Bertz CT molecular complexity index is 1320. The van der Waals surface area contributed by atoms with Crippen LogP contribution in [-0.4, -0.2) is 24.0 Å². The normalized spacial score (nSPS) is 11.3. The first kappa shape index (κ1) is 17.4. The van der Waals surface area contributed by atoms with E-state index >= 15 is 0 Å². The van der Waals surface area contributed by atoms with Crippen LogP contribution in [-0.2, 0) is 11.2 Å². The lowest BCUT2D eigenvalue weighted by Gasteiger charge is -2.07. The summed E-state index contributed by atoms with van der Waals surface area (Å²) in [6.45, 7) is 0.546. The monoisotopic (exact) mass is 384 g/mol. The summed E-state index contributed by atoms with van der Waals surface area (Å²) >= 11 is 0. The predicted octanol–water partition coefficient (Wildman–Crippen LogP) is 4.81. The Morgan fingerprint density at radius 2 is 1.72 bits per heavy atom. The highest BCUT2D eigenvalue weighted by atomic mass is 16.5. The molecule has 0 spiro atoms. The minimum atomic E-state index is -0.137. The van der Waals surface area contributed by atoms with Crippen molar-refractivity contribution in [1.29, 1.82) is 0 Å². The van der Waals surface area contributed by atoms with Crippen LogP contribution in [0.4, 0.5) is 0 Å². The van der Waals surface area contributed by atoms with Gasteiger partial charge in [-0.15, -0.1) is 0 Å². The molecule has 0 saturated heterocycles. The second-order valence-electron chi connectivity index (χ2n) is 7.00. The molecule has 5 nitrogen and oxygen atoms in total. The molecule has 144 valence electrons. The first-order valence-corrected chi connectivity index (χ1v) is 9.64. The molecule has 0 radical (unpaired) electrons. The zero-order chi connectivity index (χ0) is 19.6. The number of para-hydroxylation sites is 2. The Kier molecular flexibility index (Phi) is 4.41. The zero-order valence-electron chi connectivity index (χ0n) is 15.8. The average molecular weight is 384 g/mol. The Labute approximate surface area is 167 Å². The number of H-pyrrole nitrogens is 1. The lowest BCUT2D eigenvalue weighted by molar-refractivity contribution is -0.123. The van der Waals surface area contributed by atoms with E-state index < -0.39 is 0 Å². The van der Waals surface area contributed by atoms with Crippen molar-refractivity contribution in [3.63, 3.8) is 0 Å². The molecule has 2 heterocycles. The summed E-state index contributed by atoms with van der Waals surface area (Å²) in [5.74, 6) is 0.512. The molecule has 2 aromatic heterocycles. The van der Waals surface area contributed by atoms with Gasteiger partial charge in [-0.1, -0.05) is 36.4 Å². The Hall–Kier alpha value is -3.73. The van der Waals surface area contributed by atoms with Crippen molar-refractivity contribution in [2.45, 2.75) is 6.42 Å². The second kappa shape index (κ2) is 7.36. The second-order valence-corrected chi connectivity index (χ2v) is 7.00. The Morgan fingerprint density at radius 3 is 2.66 bits per heavy atom. The molecule has 0 aliphatic heterocycles. The summed E-state index contributed by atoms with van der Waals surface area (Å²) in [4.78, 5) is 15.4. The van der Waals surface area contributed by atoms with Gasteiger partial charge in [0, 0.05) is 34.4 Å². The number of rotatable bonds is 6. The van der Waals surface area contributed by atoms with Crippen molar-refractivity contribution in [3.8, 4) is 5.75 Å². The molecule has 2 N–H and O–H groups in total. The average Bonchev–Trinajstić information content (AvgIpc) is 3.33. The fourth-order valence-electron chi connectivity index (χ4n) is 3.67. The summed E-state index contributed by atoms with van der Waals surface area (Å²) in [6, 6.07) is 21.7. The number of hydrogen-bond donors (Lipinski definition) is 2. The molecular formula is C24H20N2O3. The molecule has 5 rings (SSSR count). The van der Waals surface area contributed by atoms with E-state index in [4.69, 9.17) is 9.15 Å². The molecule has 3 aromatic carbocycles. The highest BCUT2D eigenvalue weighted by molar-refractivity contribution is 6.05. The van der Waals surface area contributed by atoms with Crippen molar-refractivity contribution < 1.29 is 13.9 Å². The van der Waals surface area contributed by atoms with Crippen molar-refractivity contribution in [1.82, 2.24) is 10.3 Å². The maximum Gasteiger partial charge on any atom is 0.257 e. The smallest absolute Gasteiger partial charge is 0.257 e. The number of benzene rings is 3. The lowest BCUT2D eigenvalue weighted by atomic mass is 10.1. The molecule has 5 heteroatoms. The number of nitrogens with one attached hydrogen (secondary N) is 2. The van der Waals surface area contributed by atoms with Gasteiger partial charge in [-0.2, -0.15) is 0 Å². The van der Waals surface area contributed by atoms with Crippen LogP contribution in [0, 0.1) is 0 Å². The quantitative estimate of drug-likeness (QED) is 0.442. The predicted molar refractivity (Wildman–Crippen MR) is 114 cm³/mol. The van der Waals surface area contributed by atoms with Gasteiger partial charge in [0.1, 0.15) is 16.9 Å². The lowest BCUT2D eigenvalue weighted by Crippen LogP contribution is -2.30. The number of aromatic nitrogens is 1. The van der Waals surface area contributed by atoms with Gasteiger partial charge < -0.3 is 19.5 Å². The summed E-state index contributed by atoms with van der Waals surface area (Å²) in [5.41, 5.74) is 3.95. The molecule has 0 bridgehead atoms. The van der Waals surface area contributed by atoms with E-state index in [-0.39, 0.29) is 12.5 Å². The molecule has 0 aliphatic rings. The number of ether oxygens (including phenoxy) is 1. The number of amides is 1. The number of carbonyl (C=O) groups excluding carboxylic acids is 1. The number of fused-ring (bicyclic) bond motifs is 4. The van der Waals surface area contributed by atoms with E-state index in [1.807, 2.05) is 66.9 Å². The standard InChI is InChI=1S/C24H20N2O3/c27-24(25-12-11-16-14-26-21-7-3-1-5-18(16)21)15-28-17-9-10-23-20(13-17)19-6-2-4-8-22(19)29-23/h1-10,13-14,26H,11-12,15H2,(H,25,27). The fraction of sp³-hybridized carbons (Fsp3) is 0.125. The van der Waals surface area contributed by atoms with Gasteiger partial charge in [0.05, 0.1) is 0 Å². The molecule has 5 aromatic rings. The zero-order valence-corrected chi connectivity index (χ0v) is 15.8. The molecular weight excluding hydrogens is 364 g/mol. The Morgan fingerprint density at radius 1 is 0.931 bits per heavy atom. The van der Waals surface area contributed by atoms with Crippen molar-refractivity contribution in [3.05, 3.63) is 78.5 Å². The van der Waals surface area contributed by atoms with E-state index in [0.717, 1.165) is 33.9 Å². The van der Waals surface area contributed by atoms with E-state index in [1.54, 1.807) is 0 Å². The van der Waals surface area contributed by atoms with Crippen LogP contribution in [0.15, 0.2) is 77.3 Å². The van der Waals surface area contributed by atoms with Gasteiger partial charge in [0.2, 0.25) is 0 Å². The van der Waals surface area contributed by atoms with Crippen molar-refractivity contribution in [2.75, 3.05) is 13.2 Å². The largest absolute Gasteiger partial charge is 0.484 e. The van der Waals surface area contributed by atoms with Gasteiger partial charge >= 0.3 is 0 Å². The van der Waals surface area contributed by atoms with Crippen molar-refractivity contribution in [2.24, 2.45) is 0 Å². The third kappa shape index (κ3) is 3.43. The molecule has 0 saturated carbocycles. The SMILES string of the molecule is O=C(COc1ccc2oc3ccccc3c2c1)NCCc1c[nH]c2ccccc12. The van der Waals surface area contributed by atoms with Crippen LogP contribution in [0.25, 0.3) is 32.8 Å². The topological polar surface area (TPSA) is 67.3 Å². The van der Waals surface area contributed by atoms with Gasteiger partial charge in [0.15, 0.2) is 6.61 Å². The highest BCUT2D eigenvalue weighted by Crippen LogP contribution is 2.31. The van der Waals surface area contributed by atoms with Crippen molar-refractivity contribution >= 4 is 38.7 Å².